The molecule has 1 aliphatic rings. The molecule has 1 aliphatic carbocycles. The summed E-state index contributed by atoms with van der Waals surface area (Å²) in [5, 5.41) is 0. The molecule has 182 valence electrons. The van der Waals surface area contributed by atoms with Gasteiger partial charge in [-0.25, -0.2) is 8.78 Å². The van der Waals surface area contributed by atoms with E-state index in [9.17, 15) is 13.6 Å². The van der Waals surface area contributed by atoms with Gasteiger partial charge in [0.25, 0.3) is 0 Å². The highest BCUT2D eigenvalue weighted by Crippen LogP contribution is 2.31. The molecule has 0 bridgehead atoms. The normalized spacial score (nSPS) is 12.9. The lowest BCUT2D eigenvalue weighted by Crippen LogP contribution is -2.41. The van der Waals surface area contributed by atoms with E-state index in [4.69, 9.17) is 4.74 Å². The maximum Gasteiger partial charge on any atom is 0.227 e. The van der Waals surface area contributed by atoms with Crippen LogP contribution in [0.2, 0.25) is 0 Å². The molecule has 0 atom stereocenters. The largest absolute Gasteiger partial charge is 0.497 e. The maximum atomic E-state index is 14.0. The van der Waals surface area contributed by atoms with Gasteiger partial charge in [-0.3, -0.25) is 4.79 Å². The minimum absolute atomic E-state index is 0.0613. The lowest BCUT2D eigenvalue weighted by atomic mass is 9.96. The monoisotopic (exact) mass is 483 g/mol. The number of carbonyl (C=O) groups is 1. The number of benzene rings is 4. The number of methoxy groups -OCH3 is 1. The Kier molecular flexibility index (Phi) is 6.81. The number of hydrogen-bond donors (Lipinski definition) is 0. The predicted octanol–water partition coefficient (Wildman–Crippen LogP) is 6.38. The van der Waals surface area contributed by atoms with Gasteiger partial charge in [0, 0.05) is 12.6 Å². The van der Waals surface area contributed by atoms with Crippen LogP contribution >= 0.6 is 0 Å². The van der Waals surface area contributed by atoms with E-state index in [-0.39, 0.29) is 24.9 Å². The molecule has 0 aliphatic heterocycles. The van der Waals surface area contributed by atoms with Crippen molar-refractivity contribution in [2.24, 2.45) is 0 Å². The molecular weight excluding hydrogens is 456 g/mol. The van der Waals surface area contributed by atoms with Crippen LogP contribution in [-0.4, -0.2) is 24.0 Å². The lowest BCUT2D eigenvalue weighted by molar-refractivity contribution is -0.133. The average molecular weight is 484 g/mol. The second-order valence-corrected chi connectivity index (χ2v) is 9.17. The molecule has 0 aromatic heterocycles. The summed E-state index contributed by atoms with van der Waals surface area (Å²) in [6, 6.07) is 27.7. The summed E-state index contributed by atoms with van der Waals surface area (Å²) in [7, 11) is 1.61. The van der Waals surface area contributed by atoms with E-state index in [1.165, 1.54) is 17.2 Å². The Bertz CT molecular complexity index is 1360. The standard InChI is InChI=1S/C31H27F2NO2/c1-36-27-12-13-28(22-7-3-2-4-8-22)25(18-27)19-31(35)34(20-21-11-14-29(32)30(33)15-21)26-16-23-9-5-6-10-24(23)17-26/h2-15,18,26H,16-17,19-20H2,1H3. The second kappa shape index (κ2) is 10.3. The molecule has 0 saturated carbocycles. The van der Waals surface area contributed by atoms with Crippen LogP contribution in [0.1, 0.15) is 22.3 Å². The summed E-state index contributed by atoms with van der Waals surface area (Å²) >= 11 is 0. The molecule has 36 heavy (non-hydrogen) atoms. The highest BCUT2D eigenvalue weighted by molar-refractivity contribution is 5.83. The minimum Gasteiger partial charge on any atom is -0.497 e. The van der Waals surface area contributed by atoms with Crippen LogP contribution in [0.4, 0.5) is 8.78 Å². The highest BCUT2D eigenvalue weighted by atomic mass is 19.2. The van der Waals surface area contributed by atoms with Crippen molar-refractivity contribution in [3.63, 3.8) is 0 Å². The molecule has 4 aromatic carbocycles. The fraction of sp³-hybridized carbons (Fsp3) is 0.194. The van der Waals surface area contributed by atoms with Crippen molar-refractivity contribution >= 4 is 5.91 Å². The van der Waals surface area contributed by atoms with Crippen LogP contribution in [0.3, 0.4) is 0 Å². The molecule has 0 unspecified atom stereocenters. The Labute approximate surface area is 210 Å². The van der Waals surface area contributed by atoms with Gasteiger partial charge >= 0.3 is 0 Å². The van der Waals surface area contributed by atoms with Crippen LogP contribution < -0.4 is 4.74 Å². The Morgan fingerprint density at radius 1 is 0.861 bits per heavy atom. The third-order valence-corrected chi connectivity index (χ3v) is 6.87. The van der Waals surface area contributed by atoms with Gasteiger partial charge in [0.1, 0.15) is 5.75 Å². The number of carbonyl (C=O) groups excluding carboxylic acids is 1. The van der Waals surface area contributed by atoms with Crippen molar-refractivity contribution < 1.29 is 18.3 Å². The molecule has 0 spiro atoms. The molecule has 1 amide bonds. The molecule has 4 aromatic rings. The second-order valence-electron chi connectivity index (χ2n) is 9.17. The molecule has 5 rings (SSSR count). The van der Waals surface area contributed by atoms with Crippen molar-refractivity contribution in [3.05, 3.63) is 125 Å². The van der Waals surface area contributed by atoms with Crippen molar-refractivity contribution in [3.8, 4) is 16.9 Å². The van der Waals surface area contributed by atoms with Gasteiger partial charge in [-0.05, 0) is 70.5 Å². The Morgan fingerprint density at radius 3 is 2.22 bits per heavy atom. The third-order valence-electron chi connectivity index (χ3n) is 6.87. The van der Waals surface area contributed by atoms with Crippen molar-refractivity contribution in [1.29, 1.82) is 0 Å². The number of hydrogen-bond acceptors (Lipinski definition) is 2. The molecule has 0 saturated heterocycles. The van der Waals surface area contributed by atoms with Crippen LogP contribution in [-0.2, 0) is 30.6 Å². The smallest absolute Gasteiger partial charge is 0.227 e. The fourth-order valence-corrected chi connectivity index (χ4v) is 5.02. The first-order valence-corrected chi connectivity index (χ1v) is 12.0. The molecule has 3 nitrogen and oxygen atoms in total. The van der Waals surface area contributed by atoms with Crippen LogP contribution in [0.25, 0.3) is 11.1 Å². The number of halogens is 2. The molecule has 0 radical (unpaired) electrons. The molecule has 0 N–H and O–H groups in total. The molecular formula is C31H27F2NO2. The van der Waals surface area contributed by atoms with Gasteiger partial charge in [-0.2, -0.15) is 0 Å². The zero-order valence-corrected chi connectivity index (χ0v) is 20.1. The van der Waals surface area contributed by atoms with Gasteiger partial charge < -0.3 is 9.64 Å². The van der Waals surface area contributed by atoms with Crippen molar-refractivity contribution in [2.45, 2.75) is 31.8 Å². The summed E-state index contributed by atoms with van der Waals surface area (Å²) in [5.41, 5.74) is 5.84. The van der Waals surface area contributed by atoms with Gasteiger partial charge in [0.15, 0.2) is 11.6 Å². The van der Waals surface area contributed by atoms with Gasteiger partial charge in [-0.15, -0.1) is 0 Å². The SMILES string of the molecule is COc1ccc(-c2ccccc2)c(CC(=O)N(Cc2ccc(F)c(F)c2)C2Cc3ccccc3C2)c1. The Balaban J connectivity index is 1.48. The number of amides is 1. The minimum atomic E-state index is -0.909. The van der Waals surface area contributed by atoms with E-state index in [0.717, 1.165) is 35.6 Å². The van der Waals surface area contributed by atoms with E-state index >= 15 is 0 Å². The fourth-order valence-electron chi connectivity index (χ4n) is 5.02. The van der Waals surface area contributed by atoms with Crippen LogP contribution in [0, 0.1) is 11.6 Å². The van der Waals surface area contributed by atoms with Crippen LogP contribution in [0.5, 0.6) is 5.75 Å². The van der Waals surface area contributed by atoms with Crippen molar-refractivity contribution in [1.82, 2.24) is 4.90 Å². The van der Waals surface area contributed by atoms with Gasteiger partial charge in [-0.1, -0.05) is 66.7 Å². The third kappa shape index (κ3) is 5.01. The lowest BCUT2D eigenvalue weighted by Gasteiger charge is -2.30. The topological polar surface area (TPSA) is 29.5 Å². The number of fused-ring (bicyclic) bond motifs is 1. The van der Waals surface area contributed by atoms with E-state index in [2.05, 4.69) is 12.1 Å². The first kappa shape index (κ1) is 23.7. The van der Waals surface area contributed by atoms with E-state index in [0.29, 0.717) is 11.3 Å². The average Bonchev–Trinajstić information content (AvgIpc) is 3.33. The number of nitrogens with zero attached hydrogens (tertiary/aromatic N) is 1. The van der Waals surface area contributed by atoms with Gasteiger partial charge in [0.05, 0.1) is 13.5 Å². The summed E-state index contributed by atoms with van der Waals surface area (Å²) in [6.45, 7) is 0.208. The summed E-state index contributed by atoms with van der Waals surface area (Å²) in [4.78, 5) is 15.7. The molecule has 5 heteroatoms. The van der Waals surface area contributed by atoms with E-state index < -0.39 is 11.6 Å². The van der Waals surface area contributed by atoms with E-state index in [1.54, 1.807) is 13.2 Å². The van der Waals surface area contributed by atoms with Crippen molar-refractivity contribution in [2.75, 3.05) is 7.11 Å². The Morgan fingerprint density at radius 2 is 1.56 bits per heavy atom. The summed E-state index contributed by atoms with van der Waals surface area (Å²) in [6.07, 6.45) is 1.63. The highest BCUT2D eigenvalue weighted by Gasteiger charge is 2.30. The van der Waals surface area contributed by atoms with E-state index in [1.807, 2.05) is 65.6 Å². The summed E-state index contributed by atoms with van der Waals surface area (Å²) in [5.74, 6) is -1.19. The number of rotatable bonds is 7. The van der Waals surface area contributed by atoms with Gasteiger partial charge in [0.2, 0.25) is 5.91 Å². The summed E-state index contributed by atoms with van der Waals surface area (Å²) < 4.78 is 33.0. The molecule has 0 heterocycles. The zero-order valence-electron chi connectivity index (χ0n) is 20.1. The predicted molar refractivity (Wildman–Crippen MR) is 137 cm³/mol. The Hall–Kier alpha value is -3.99. The first-order valence-electron chi connectivity index (χ1n) is 12.0. The zero-order chi connectivity index (χ0) is 25.1. The number of ether oxygens (including phenoxy) is 1. The quantitative estimate of drug-likeness (QED) is 0.305. The maximum absolute atomic E-state index is 14.0. The molecule has 0 fully saturated rings. The first-order chi connectivity index (χ1) is 17.5. The van der Waals surface area contributed by atoms with Crippen LogP contribution in [0.15, 0.2) is 91.0 Å².